The largest absolute Gasteiger partial charge is 0.341 e. The van der Waals surface area contributed by atoms with Crippen LogP contribution in [0.5, 0.6) is 0 Å². The number of amides is 1. The average molecular weight is 240 g/mol. The molecule has 2 unspecified atom stereocenters. The highest BCUT2D eigenvalue weighted by molar-refractivity contribution is 6.30. The third kappa shape index (κ3) is 3.30. The molecular weight excluding hydrogens is 224 g/mol. The third-order valence-electron chi connectivity index (χ3n) is 2.79. The summed E-state index contributed by atoms with van der Waals surface area (Å²) < 4.78 is 26.1. The van der Waals surface area contributed by atoms with Crippen molar-refractivity contribution in [2.75, 3.05) is 13.1 Å². The van der Waals surface area contributed by atoms with Crippen LogP contribution in [0.4, 0.5) is 8.78 Å². The zero-order valence-corrected chi connectivity index (χ0v) is 9.73. The molecule has 2 nitrogen and oxygen atoms in total. The number of hydrogen-bond acceptors (Lipinski definition) is 1. The van der Waals surface area contributed by atoms with Crippen LogP contribution in [-0.4, -0.2) is 35.2 Å². The van der Waals surface area contributed by atoms with Gasteiger partial charge in [-0.1, -0.05) is 0 Å². The van der Waals surface area contributed by atoms with Crippen LogP contribution in [0.15, 0.2) is 0 Å². The molecule has 1 heterocycles. The Morgan fingerprint density at radius 3 is 2.67 bits per heavy atom. The number of nitrogens with zero attached hydrogens (tertiary/aromatic N) is 1. The Bertz CT molecular complexity index is 240. The summed E-state index contributed by atoms with van der Waals surface area (Å²) in [4.78, 5) is 13.0. The Morgan fingerprint density at radius 2 is 2.20 bits per heavy atom. The molecule has 1 amide bonds. The normalized spacial score (nSPS) is 25.1. The molecule has 0 aromatic rings. The van der Waals surface area contributed by atoms with E-state index in [1.54, 1.807) is 6.92 Å². The highest BCUT2D eigenvalue weighted by Crippen LogP contribution is 2.31. The molecule has 0 bridgehead atoms. The fourth-order valence-electron chi connectivity index (χ4n) is 1.84. The first-order valence-electron chi connectivity index (χ1n) is 5.13. The van der Waals surface area contributed by atoms with Crippen molar-refractivity contribution in [3.8, 4) is 0 Å². The van der Waals surface area contributed by atoms with Gasteiger partial charge in [0, 0.05) is 19.0 Å². The molecule has 88 valence electrons. The van der Waals surface area contributed by atoms with E-state index < -0.39 is 17.2 Å². The van der Waals surface area contributed by atoms with Crippen molar-refractivity contribution in [1.29, 1.82) is 0 Å². The predicted octanol–water partition coefficient (Wildman–Crippen LogP) is 2.51. The summed E-state index contributed by atoms with van der Waals surface area (Å²) >= 11 is 5.64. The molecule has 0 saturated carbocycles. The second kappa shape index (κ2) is 4.64. The van der Waals surface area contributed by atoms with E-state index in [9.17, 15) is 13.6 Å². The van der Waals surface area contributed by atoms with Gasteiger partial charge in [-0.15, -0.1) is 11.6 Å². The first-order chi connectivity index (χ1) is 6.82. The zero-order chi connectivity index (χ0) is 11.6. The molecule has 0 radical (unpaired) electrons. The Balaban J connectivity index is 2.60. The first-order valence-corrected chi connectivity index (χ1v) is 5.56. The number of halogens is 3. The van der Waals surface area contributed by atoms with Crippen molar-refractivity contribution in [2.24, 2.45) is 5.92 Å². The lowest BCUT2D eigenvalue weighted by Crippen LogP contribution is -2.46. The molecule has 5 heteroatoms. The molecule has 0 aliphatic carbocycles. The molecule has 0 N–H and O–H groups in total. The molecule has 1 aliphatic heterocycles. The number of alkyl halides is 3. The van der Waals surface area contributed by atoms with E-state index in [1.165, 1.54) is 4.90 Å². The van der Waals surface area contributed by atoms with Crippen molar-refractivity contribution < 1.29 is 13.6 Å². The molecule has 1 saturated heterocycles. The summed E-state index contributed by atoms with van der Waals surface area (Å²) in [5, 5.41) is -0.630. The standard InChI is InChI=1S/C10H16ClF2NO/c1-7(11)9(15)14-5-3-4-8(6-14)10(2,12)13/h7-8H,3-6H2,1-2H3. The van der Waals surface area contributed by atoms with Gasteiger partial charge in [0.05, 0.1) is 0 Å². The molecule has 1 fully saturated rings. The van der Waals surface area contributed by atoms with E-state index in [1.807, 2.05) is 0 Å². The second-order valence-corrected chi connectivity index (χ2v) is 4.85. The Labute approximate surface area is 93.6 Å². The first kappa shape index (κ1) is 12.7. The number of hydrogen-bond donors (Lipinski definition) is 0. The highest BCUT2D eigenvalue weighted by Gasteiger charge is 2.38. The van der Waals surface area contributed by atoms with E-state index in [0.717, 1.165) is 6.92 Å². The Hall–Kier alpha value is -0.380. The number of piperidine rings is 1. The fraction of sp³-hybridized carbons (Fsp3) is 0.900. The van der Waals surface area contributed by atoms with Gasteiger partial charge < -0.3 is 4.90 Å². The van der Waals surface area contributed by atoms with Gasteiger partial charge >= 0.3 is 0 Å². The van der Waals surface area contributed by atoms with Gasteiger partial charge in [0.2, 0.25) is 11.8 Å². The van der Waals surface area contributed by atoms with E-state index in [4.69, 9.17) is 11.6 Å². The minimum Gasteiger partial charge on any atom is -0.341 e. The molecule has 2 atom stereocenters. The van der Waals surface area contributed by atoms with Crippen molar-refractivity contribution in [3.05, 3.63) is 0 Å². The van der Waals surface area contributed by atoms with E-state index in [-0.39, 0.29) is 12.5 Å². The molecule has 1 aliphatic rings. The van der Waals surface area contributed by atoms with Gasteiger partial charge in [-0.3, -0.25) is 4.79 Å². The summed E-state index contributed by atoms with van der Waals surface area (Å²) in [6.45, 7) is 3.15. The van der Waals surface area contributed by atoms with Crippen LogP contribution in [0.1, 0.15) is 26.7 Å². The maximum Gasteiger partial charge on any atom is 0.249 e. The zero-order valence-electron chi connectivity index (χ0n) is 8.97. The van der Waals surface area contributed by atoms with Crippen molar-refractivity contribution in [3.63, 3.8) is 0 Å². The maximum atomic E-state index is 13.1. The fourth-order valence-corrected chi connectivity index (χ4v) is 1.98. The molecule has 0 aromatic heterocycles. The Morgan fingerprint density at radius 1 is 1.60 bits per heavy atom. The van der Waals surface area contributed by atoms with E-state index >= 15 is 0 Å². The summed E-state index contributed by atoms with van der Waals surface area (Å²) in [6.07, 6.45) is 1.10. The molecule has 1 rings (SSSR count). The number of carbonyl (C=O) groups is 1. The molecule has 0 aromatic carbocycles. The van der Waals surface area contributed by atoms with Gasteiger partial charge in [0.1, 0.15) is 5.38 Å². The van der Waals surface area contributed by atoms with Crippen molar-refractivity contribution >= 4 is 17.5 Å². The SMILES string of the molecule is CC(Cl)C(=O)N1CCCC(C(C)(F)F)C1. The van der Waals surface area contributed by atoms with Gasteiger partial charge in [0.15, 0.2) is 0 Å². The number of rotatable bonds is 2. The van der Waals surface area contributed by atoms with Crippen LogP contribution in [0.2, 0.25) is 0 Å². The predicted molar refractivity (Wildman–Crippen MR) is 55.2 cm³/mol. The van der Waals surface area contributed by atoms with Crippen LogP contribution < -0.4 is 0 Å². The van der Waals surface area contributed by atoms with Gasteiger partial charge in [-0.25, -0.2) is 8.78 Å². The number of carbonyl (C=O) groups excluding carboxylic acids is 1. The summed E-state index contributed by atoms with van der Waals surface area (Å²) in [5.74, 6) is -3.69. The third-order valence-corrected chi connectivity index (χ3v) is 2.98. The van der Waals surface area contributed by atoms with Crippen LogP contribution in [0.3, 0.4) is 0 Å². The van der Waals surface area contributed by atoms with Gasteiger partial charge in [0.25, 0.3) is 0 Å². The minimum atomic E-state index is -2.71. The highest BCUT2D eigenvalue weighted by atomic mass is 35.5. The summed E-state index contributed by atoms with van der Waals surface area (Å²) in [7, 11) is 0. The summed E-state index contributed by atoms with van der Waals surface area (Å²) in [5.41, 5.74) is 0. The van der Waals surface area contributed by atoms with Crippen LogP contribution >= 0.6 is 11.6 Å². The van der Waals surface area contributed by atoms with Crippen LogP contribution in [0.25, 0.3) is 0 Å². The monoisotopic (exact) mass is 239 g/mol. The lowest BCUT2D eigenvalue weighted by atomic mass is 9.92. The lowest BCUT2D eigenvalue weighted by Gasteiger charge is -2.36. The quantitative estimate of drug-likeness (QED) is 0.678. The lowest BCUT2D eigenvalue weighted by molar-refractivity contribution is -0.136. The minimum absolute atomic E-state index is 0.124. The van der Waals surface area contributed by atoms with E-state index in [0.29, 0.717) is 19.4 Å². The van der Waals surface area contributed by atoms with Gasteiger partial charge in [-0.05, 0) is 26.7 Å². The smallest absolute Gasteiger partial charge is 0.249 e. The molecular formula is C10H16ClF2NO. The van der Waals surface area contributed by atoms with Crippen LogP contribution in [-0.2, 0) is 4.79 Å². The molecule has 0 spiro atoms. The summed E-state index contributed by atoms with van der Waals surface area (Å²) in [6, 6.07) is 0. The van der Waals surface area contributed by atoms with Crippen LogP contribution in [0, 0.1) is 5.92 Å². The second-order valence-electron chi connectivity index (χ2n) is 4.20. The van der Waals surface area contributed by atoms with E-state index in [2.05, 4.69) is 0 Å². The van der Waals surface area contributed by atoms with Crippen molar-refractivity contribution in [1.82, 2.24) is 4.90 Å². The maximum absolute atomic E-state index is 13.1. The van der Waals surface area contributed by atoms with Crippen molar-refractivity contribution in [2.45, 2.75) is 38.0 Å². The Kier molecular flexibility index (Phi) is 3.93. The molecule has 15 heavy (non-hydrogen) atoms. The van der Waals surface area contributed by atoms with Gasteiger partial charge in [-0.2, -0.15) is 0 Å². The average Bonchev–Trinajstić information content (AvgIpc) is 2.15. The number of likely N-dealkylation sites (tertiary alicyclic amines) is 1. The topological polar surface area (TPSA) is 20.3 Å².